The molecule has 1 aliphatic rings. The Hall–Kier alpha value is -1.76. The molecule has 0 aliphatic carbocycles. The van der Waals surface area contributed by atoms with E-state index in [1.807, 2.05) is 12.1 Å². The van der Waals surface area contributed by atoms with Crippen LogP contribution >= 0.6 is 11.6 Å². The van der Waals surface area contributed by atoms with Crippen molar-refractivity contribution in [2.45, 2.75) is 36.4 Å². The first-order valence-electron chi connectivity index (χ1n) is 10.5. The van der Waals surface area contributed by atoms with Crippen LogP contribution in [0.1, 0.15) is 13.3 Å². The van der Waals surface area contributed by atoms with Crippen LogP contribution < -0.4 is 14.8 Å². The quantitative estimate of drug-likeness (QED) is 0.416. The number of likely N-dealkylation sites (tertiary alicyclic amines) is 1. The minimum atomic E-state index is -0.780. The van der Waals surface area contributed by atoms with Crippen LogP contribution in [0.15, 0.2) is 48.5 Å². The van der Waals surface area contributed by atoms with Crippen molar-refractivity contribution in [3.05, 3.63) is 53.6 Å². The molecule has 2 aromatic rings. The number of nitrogens with one attached hydrogen (secondary N) is 1. The van der Waals surface area contributed by atoms with Crippen LogP contribution in [0.3, 0.4) is 0 Å². The zero-order chi connectivity index (χ0) is 23.1. The number of benzene rings is 2. The van der Waals surface area contributed by atoms with Crippen LogP contribution in [0.2, 0.25) is 9.73 Å². The number of ether oxygens (including phenoxy) is 2. The van der Waals surface area contributed by atoms with Gasteiger partial charge in [0.05, 0.1) is 0 Å². The summed E-state index contributed by atoms with van der Waals surface area (Å²) in [6.07, 6.45) is -0.529. The van der Waals surface area contributed by atoms with Gasteiger partial charge in [0.2, 0.25) is 0 Å². The van der Waals surface area contributed by atoms with E-state index >= 15 is 0 Å². The number of anilines is 1. The number of halogens is 1. The van der Waals surface area contributed by atoms with Crippen LogP contribution in [0, 0.1) is 0 Å². The molecule has 2 radical (unpaired) electrons. The summed E-state index contributed by atoms with van der Waals surface area (Å²) in [7, 11) is 0. The summed E-state index contributed by atoms with van der Waals surface area (Å²) in [5.41, 5.74) is 0.499. The SMILES string of the molecule is CC(O)C([As])C(=O)Nc1ccccc1OCC(O)CN1CCC(Oc2ccc(Cl)cc2)C1. The van der Waals surface area contributed by atoms with Gasteiger partial charge in [-0.2, -0.15) is 0 Å². The van der Waals surface area contributed by atoms with Crippen LogP contribution in [0.4, 0.5) is 5.69 Å². The van der Waals surface area contributed by atoms with Crippen molar-refractivity contribution in [2.24, 2.45) is 0 Å². The fraction of sp³-hybridized carbons (Fsp3) is 0.435. The van der Waals surface area contributed by atoms with Gasteiger partial charge in [0.25, 0.3) is 0 Å². The number of para-hydroxylation sites is 2. The molecule has 0 spiro atoms. The Labute approximate surface area is 202 Å². The third kappa shape index (κ3) is 7.39. The van der Waals surface area contributed by atoms with E-state index in [0.29, 0.717) is 23.0 Å². The molecular weight excluding hydrogens is 495 g/mol. The molecule has 2 aromatic carbocycles. The molecule has 0 aromatic heterocycles. The average molecular weight is 523 g/mol. The third-order valence-corrected chi connectivity index (χ3v) is 6.77. The Balaban J connectivity index is 1.45. The summed E-state index contributed by atoms with van der Waals surface area (Å²) in [5.74, 6) is 0.934. The Morgan fingerprint density at radius 1 is 1.25 bits per heavy atom. The summed E-state index contributed by atoms with van der Waals surface area (Å²) < 4.78 is 11.2. The van der Waals surface area contributed by atoms with Crippen molar-refractivity contribution >= 4 is 40.0 Å². The molecule has 0 saturated carbocycles. The van der Waals surface area contributed by atoms with E-state index in [2.05, 4.69) is 27.1 Å². The molecule has 32 heavy (non-hydrogen) atoms. The van der Waals surface area contributed by atoms with Gasteiger partial charge in [-0.25, -0.2) is 0 Å². The second-order valence-corrected chi connectivity index (χ2v) is 9.48. The Morgan fingerprint density at radius 2 is 1.97 bits per heavy atom. The van der Waals surface area contributed by atoms with Crippen molar-refractivity contribution in [1.29, 1.82) is 0 Å². The van der Waals surface area contributed by atoms with Gasteiger partial charge in [0, 0.05) is 5.02 Å². The van der Waals surface area contributed by atoms with Gasteiger partial charge in [-0.3, -0.25) is 0 Å². The van der Waals surface area contributed by atoms with Crippen molar-refractivity contribution in [1.82, 2.24) is 4.90 Å². The van der Waals surface area contributed by atoms with Gasteiger partial charge in [0.1, 0.15) is 5.75 Å². The second-order valence-electron chi connectivity index (χ2n) is 7.88. The second kappa shape index (κ2) is 11.9. The molecule has 3 rings (SSSR count). The zero-order valence-corrected chi connectivity index (χ0v) is 20.5. The molecule has 7 nitrogen and oxygen atoms in total. The van der Waals surface area contributed by atoms with E-state index in [-0.39, 0.29) is 18.6 Å². The number of hydrogen-bond acceptors (Lipinski definition) is 6. The number of carbonyl (C=O) groups is 1. The normalized spacial score (nSPS) is 19.2. The van der Waals surface area contributed by atoms with Crippen LogP contribution in [0.25, 0.3) is 0 Å². The molecule has 1 saturated heterocycles. The molecule has 1 heterocycles. The number of rotatable bonds is 10. The summed E-state index contributed by atoms with van der Waals surface area (Å²) in [5, 5.41) is 23.5. The molecule has 172 valence electrons. The number of nitrogens with zero attached hydrogens (tertiary/aromatic N) is 1. The standard InChI is InChI=1S/C23H28AsClN2O5/c1-15(28)22(24)23(30)26-20-4-2-3-5-21(20)31-14-17(29)12-27-11-10-19(13-27)32-18-8-6-16(25)7-9-18/h2-9,15,17,19,22,28-29H,10-14H2,1H3,(H,26,30). The maximum absolute atomic E-state index is 12.2. The van der Waals surface area contributed by atoms with Gasteiger partial charge >= 0.3 is 151 Å². The summed E-state index contributed by atoms with van der Waals surface area (Å²) in [4.78, 5) is 14.4. The van der Waals surface area contributed by atoms with Crippen molar-refractivity contribution < 1.29 is 24.5 Å². The predicted octanol–water partition coefficient (Wildman–Crippen LogP) is 2.51. The molecule has 1 aliphatic heterocycles. The number of aliphatic hydroxyl groups is 2. The van der Waals surface area contributed by atoms with E-state index in [4.69, 9.17) is 21.1 Å². The molecule has 9 heteroatoms. The average Bonchev–Trinajstić information content (AvgIpc) is 3.20. The number of β-amino-alcohol motifs (C(OH)–C–C–N with tert-alkyl or cyclic N) is 1. The number of aliphatic hydroxyl groups excluding tert-OH is 2. The molecule has 4 unspecified atom stereocenters. The van der Waals surface area contributed by atoms with Crippen LogP contribution in [-0.4, -0.2) is 82.4 Å². The molecule has 1 fully saturated rings. The van der Waals surface area contributed by atoms with Crippen LogP contribution in [-0.2, 0) is 4.79 Å². The monoisotopic (exact) mass is 522 g/mol. The van der Waals surface area contributed by atoms with Gasteiger partial charge < -0.3 is 4.74 Å². The summed E-state index contributed by atoms with van der Waals surface area (Å²) in [6, 6.07) is 14.3. The van der Waals surface area contributed by atoms with E-state index in [1.54, 1.807) is 43.3 Å². The summed E-state index contributed by atoms with van der Waals surface area (Å²) in [6.45, 7) is 3.67. The number of hydrogen-bond donors (Lipinski definition) is 3. The first-order valence-corrected chi connectivity index (χ1v) is 12.0. The molecule has 1 amide bonds. The fourth-order valence-electron chi connectivity index (χ4n) is 3.42. The van der Waals surface area contributed by atoms with Gasteiger partial charge in [-0.15, -0.1) is 0 Å². The van der Waals surface area contributed by atoms with Gasteiger partial charge in [-0.05, 0) is 24.3 Å². The van der Waals surface area contributed by atoms with E-state index in [1.165, 1.54) is 0 Å². The molecule has 0 bridgehead atoms. The molecule has 3 N–H and O–H groups in total. The fourth-order valence-corrected chi connectivity index (χ4v) is 3.68. The molecule has 4 atom stereocenters. The maximum atomic E-state index is 12.2. The van der Waals surface area contributed by atoms with Crippen molar-refractivity contribution in [3.8, 4) is 11.5 Å². The number of amides is 1. The molecular formula is C23H28AsClN2O5. The minimum absolute atomic E-state index is 0.0644. The zero-order valence-electron chi connectivity index (χ0n) is 17.9. The Morgan fingerprint density at radius 3 is 2.69 bits per heavy atom. The topological polar surface area (TPSA) is 91.3 Å². The first kappa shape index (κ1) is 24.9. The van der Waals surface area contributed by atoms with Gasteiger partial charge in [0.15, 0.2) is 0 Å². The van der Waals surface area contributed by atoms with E-state index < -0.39 is 16.9 Å². The van der Waals surface area contributed by atoms with Crippen LogP contribution in [0.5, 0.6) is 11.5 Å². The predicted molar refractivity (Wildman–Crippen MR) is 125 cm³/mol. The Bertz CT molecular complexity index is 883. The first-order chi connectivity index (χ1) is 15.3. The third-order valence-electron chi connectivity index (χ3n) is 5.12. The summed E-state index contributed by atoms with van der Waals surface area (Å²) >= 11 is 8.07. The Kier molecular flexibility index (Phi) is 9.26. The van der Waals surface area contributed by atoms with E-state index in [0.717, 1.165) is 25.3 Å². The van der Waals surface area contributed by atoms with Crippen molar-refractivity contribution in [3.63, 3.8) is 0 Å². The number of carbonyl (C=O) groups excluding carboxylic acids is 1. The van der Waals surface area contributed by atoms with Gasteiger partial charge in [-0.1, -0.05) is 11.6 Å². The van der Waals surface area contributed by atoms with E-state index in [9.17, 15) is 15.0 Å². The van der Waals surface area contributed by atoms with Crippen molar-refractivity contribution in [2.75, 3.05) is 31.6 Å².